The minimum absolute atomic E-state index is 0.0385. The second-order valence-corrected chi connectivity index (χ2v) is 13.2. The molecule has 4 rings (SSSR count). The Bertz CT molecular complexity index is 1680. The van der Waals surface area contributed by atoms with Crippen molar-refractivity contribution < 1.29 is 22.7 Å². The fourth-order valence-corrected chi connectivity index (χ4v) is 6.77. The molecule has 0 aliphatic carbocycles. The first-order valence-corrected chi connectivity index (χ1v) is 17.3. The Balaban J connectivity index is 1.82. The molecule has 236 valence electrons. The van der Waals surface area contributed by atoms with Gasteiger partial charge in [-0.1, -0.05) is 72.3 Å². The van der Waals surface area contributed by atoms with E-state index in [1.165, 1.54) is 35.8 Å². The van der Waals surface area contributed by atoms with E-state index in [0.717, 1.165) is 25.9 Å². The lowest BCUT2D eigenvalue weighted by atomic mass is 10.0. The number of thioether (sulfide) groups is 1. The first-order chi connectivity index (χ1) is 21.7. The highest BCUT2D eigenvalue weighted by Gasteiger charge is 2.35. The van der Waals surface area contributed by atoms with Crippen LogP contribution in [0.3, 0.4) is 0 Å². The van der Waals surface area contributed by atoms with Crippen LogP contribution in [0.15, 0.2) is 113 Å². The molecule has 0 radical (unpaired) electrons. The lowest BCUT2D eigenvalue weighted by molar-refractivity contribution is -0.139. The van der Waals surface area contributed by atoms with Gasteiger partial charge < -0.3 is 15.0 Å². The summed E-state index contributed by atoms with van der Waals surface area (Å²) in [5.74, 6) is -0.555. The molecule has 0 bridgehead atoms. The number of carbonyl (C=O) groups is 2. The van der Waals surface area contributed by atoms with Crippen LogP contribution >= 0.6 is 11.8 Å². The van der Waals surface area contributed by atoms with Crippen molar-refractivity contribution >= 4 is 39.3 Å². The SMILES string of the molecule is CCOc1ccccc1N(CC(=O)N(Cc1ccc(C)cc1)[C@H](Cc1ccccc1)C(=O)NC)S(=O)(=O)c1ccc(SC)cc1. The van der Waals surface area contributed by atoms with Crippen molar-refractivity contribution in [1.82, 2.24) is 10.2 Å². The zero-order valence-electron chi connectivity index (χ0n) is 26.0. The van der Waals surface area contributed by atoms with Gasteiger partial charge in [-0.25, -0.2) is 8.42 Å². The first-order valence-electron chi connectivity index (χ1n) is 14.7. The monoisotopic (exact) mass is 645 g/mol. The standard InChI is InChI=1S/C35H39N3O5S2/c1-5-43-33-14-10-9-13-31(33)38(45(41,42)30-21-19-29(44-4)20-22-30)25-34(39)37(24-28-17-15-26(2)16-18-28)32(35(40)36-3)23-27-11-7-6-8-12-27/h6-22,32H,5,23-25H2,1-4H3,(H,36,40)/t32-/m1/s1. The highest BCUT2D eigenvalue weighted by atomic mass is 32.2. The van der Waals surface area contributed by atoms with Gasteiger partial charge in [0.25, 0.3) is 10.0 Å². The Hall–Kier alpha value is -4.28. The van der Waals surface area contributed by atoms with Gasteiger partial charge in [-0.3, -0.25) is 13.9 Å². The summed E-state index contributed by atoms with van der Waals surface area (Å²) in [6.07, 6.45) is 2.16. The van der Waals surface area contributed by atoms with E-state index >= 15 is 0 Å². The van der Waals surface area contributed by atoms with Gasteiger partial charge in [0, 0.05) is 24.9 Å². The van der Waals surface area contributed by atoms with Crippen molar-refractivity contribution in [3.8, 4) is 5.75 Å². The Labute approximate surface area is 270 Å². The molecule has 2 amide bonds. The molecule has 0 saturated heterocycles. The lowest BCUT2D eigenvalue weighted by Gasteiger charge is -2.34. The third-order valence-electron chi connectivity index (χ3n) is 7.35. The third kappa shape index (κ3) is 8.46. The average Bonchev–Trinajstić information content (AvgIpc) is 3.06. The Kier molecular flexibility index (Phi) is 11.7. The molecule has 10 heteroatoms. The molecular weight excluding hydrogens is 607 g/mol. The second kappa shape index (κ2) is 15.6. The maximum Gasteiger partial charge on any atom is 0.264 e. The smallest absolute Gasteiger partial charge is 0.264 e. The number of rotatable bonds is 14. The van der Waals surface area contributed by atoms with Crippen LogP contribution in [0.2, 0.25) is 0 Å². The summed E-state index contributed by atoms with van der Waals surface area (Å²) in [6, 6.07) is 29.5. The fraction of sp³-hybridized carbons (Fsp3) is 0.257. The number of benzene rings is 4. The topological polar surface area (TPSA) is 96.0 Å². The zero-order chi connectivity index (χ0) is 32.4. The molecule has 0 fully saturated rings. The van der Waals surface area contributed by atoms with Gasteiger partial charge in [-0.2, -0.15) is 0 Å². The Morgan fingerprint density at radius 3 is 2.13 bits per heavy atom. The van der Waals surface area contributed by atoms with Crippen molar-refractivity contribution in [1.29, 1.82) is 0 Å². The van der Waals surface area contributed by atoms with E-state index in [1.807, 2.05) is 74.7 Å². The maximum absolute atomic E-state index is 14.5. The Morgan fingerprint density at radius 1 is 0.867 bits per heavy atom. The molecular formula is C35H39N3O5S2. The van der Waals surface area contributed by atoms with Crippen molar-refractivity contribution in [2.24, 2.45) is 0 Å². The largest absolute Gasteiger partial charge is 0.492 e. The van der Waals surface area contributed by atoms with Crippen LogP contribution in [0.25, 0.3) is 0 Å². The zero-order valence-corrected chi connectivity index (χ0v) is 27.6. The van der Waals surface area contributed by atoms with Crippen LogP contribution in [-0.2, 0) is 32.6 Å². The maximum atomic E-state index is 14.5. The van der Waals surface area contributed by atoms with Crippen LogP contribution in [0.4, 0.5) is 5.69 Å². The van der Waals surface area contributed by atoms with Gasteiger partial charge in [0.2, 0.25) is 11.8 Å². The number of hydrogen-bond acceptors (Lipinski definition) is 6. The number of likely N-dealkylation sites (N-methyl/N-ethyl adjacent to an activating group) is 1. The normalized spacial score (nSPS) is 11.8. The molecule has 0 saturated carbocycles. The summed E-state index contributed by atoms with van der Waals surface area (Å²) in [5.41, 5.74) is 2.97. The van der Waals surface area contributed by atoms with E-state index in [1.54, 1.807) is 36.4 Å². The Morgan fingerprint density at radius 2 is 1.51 bits per heavy atom. The summed E-state index contributed by atoms with van der Waals surface area (Å²) in [6.45, 7) is 3.64. The number of nitrogens with zero attached hydrogens (tertiary/aromatic N) is 2. The van der Waals surface area contributed by atoms with Crippen molar-refractivity contribution in [2.45, 2.75) is 42.6 Å². The van der Waals surface area contributed by atoms with Crippen LogP contribution in [0.1, 0.15) is 23.6 Å². The molecule has 0 aliphatic heterocycles. The van der Waals surface area contributed by atoms with Crippen molar-refractivity contribution in [3.05, 3.63) is 120 Å². The summed E-state index contributed by atoms with van der Waals surface area (Å²) in [5, 5.41) is 2.71. The first kappa shape index (κ1) is 33.6. The number of sulfonamides is 1. The molecule has 0 unspecified atom stereocenters. The minimum Gasteiger partial charge on any atom is -0.492 e. The molecule has 0 aromatic heterocycles. The van der Waals surface area contributed by atoms with Crippen LogP contribution in [0, 0.1) is 6.92 Å². The summed E-state index contributed by atoms with van der Waals surface area (Å²) in [4.78, 5) is 30.3. The van der Waals surface area contributed by atoms with E-state index in [4.69, 9.17) is 4.74 Å². The molecule has 0 aliphatic rings. The van der Waals surface area contributed by atoms with E-state index < -0.39 is 28.5 Å². The summed E-state index contributed by atoms with van der Waals surface area (Å²) >= 11 is 1.50. The average molecular weight is 646 g/mol. The third-order valence-corrected chi connectivity index (χ3v) is 9.87. The highest BCUT2D eigenvalue weighted by Crippen LogP contribution is 2.33. The van der Waals surface area contributed by atoms with Crippen LogP contribution in [0.5, 0.6) is 5.75 Å². The quantitative estimate of drug-likeness (QED) is 0.177. The number of amides is 2. The number of aryl methyl sites for hydroxylation is 1. The molecule has 4 aromatic rings. The summed E-state index contributed by atoms with van der Waals surface area (Å²) in [7, 11) is -2.71. The number of nitrogens with one attached hydrogen (secondary N) is 1. The second-order valence-electron chi connectivity index (χ2n) is 10.4. The van der Waals surface area contributed by atoms with E-state index in [2.05, 4.69) is 5.32 Å². The number of hydrogen-bond donors (Lipinski definition) is 1. The molecule has 1 N–H and O–H groups in total. The van der Waals surface area contributed by atoms with Crippen molar-refractivity contribution in [3.63, 3.8) is 0 Å². The lowest BCUT2D eigenvalue weighted by Crippen LogP contribution is -2.53. The van der Waals surface area contributed by atoms with E-state index in [-0.39, 0.29) is 29.5 Å². The van der Waals surface area contributed by atoms with Gasteiger partial charge in [-0.15, -0.1) is 11.8 Å². The molecule has 4 aromatic carbocycles. The fourth-order valence-electron chi connectivity index (χ4n) is 4.94. The van der Waals surface area contributed by atoms with Crippen molar-refractivity contribution in [2.75, 3.05) is 30.8 Å². The number of ether oxygens (including phenoxy) is 1. The molecule has 0 heterocycles. The predicted octanol–water partition coefficient (Wildman–Crippen LogP) is 5.70. The summed E-state index contributed by atoms with van der Waals surface area (Å²) < 4.78 is 35.5. The molecule has 8 nitrogen and oxygen atoms in total. The van der Waals surface area contributed by atoms with Gasteiger partial charge in [0.05, 0.1) is 17.2 Å². The highest BCUT2D eigenvalue weighted by molar-refractivity contribution is 7.98. The van der Waals surface area contributed by atoms with E-state index in [0.29, 0.717) is 12.4 Å². The molecule has 0 spiro atoms. The van der Waals surface area contributed by atoms with Gasteiger partial charge in [-0.05, 0) is 67.6 Å². The van der Waals surface area contributed by atoms with E-state index in [9.17, 15) is 18.0 Å². The molecule has 1 atom stereocenters. The number of anilines is 1. The van der Waals surface area contributed by atoms with Crippen LogP contribution in [-0.4, -0.2) is 57.6 Å². The van der Waals surface area contributed by atoms with Gasteiger partial charge in [0.15, 0.2) is 0 Å². The van der Waals surface area contributed by atoms with Crippen LogP contribution < -0.4 is 14.4 Å². The number of carbonyl (C=O) groups excluding carboxylic acids is 2. The number of para-hydroxylation sites is 2. The minimum atomic E-state index is -4.24. The van der Waals surface area contributed by atoms with Gasteiger partial charge in [0.1, 0.15) is 18.3 Å². The van der Waals surface area contributed by atoms with Gasteiger partial charge >= 0.3 is 0 Å². The predicted molar refractivity (Wildman–Crippen MR) is 180 cm³/mol. The molecule has 45 heavy (non-hydrogen) atoms.